The van der Waals surface area contributed by atoms with E-state index in [0.29, 0.717) is 18.4 Å². The molecule has 0 spiro atoms. The van der Waals surface area contributed by atoms with Crippen LogP contribution in [0.25, 0.3) is 0 Å². The van der Waals surface area contributed by atoms with Crippen molar-refractivity contribution < 1.29 is 9.53 Å². The molecular weight excluding hydrogens is 226 g/mol. The van der Waals surface area contributed by atoms with Gasteiger partial charge in [0.05, 0.1) is 5.92 Å². The average molecular weight is 253 g/mol. The average Bonchev–Trinajstić information content (AvgIpc) is 3.01. The Bertz CT molecular complexity index is 328. The summed E-state index contributed by atoms with van der Waals surface area (Å²) in [6.07, 6.45) is 4.66. The van der Waals surface area contributed by atoms with Gasteiger partial charge in [-0.15, -0.1) is 0 Å². The summed E-state index contributed by atoms with van der Waals surface area (Å²) in [5.41, 5.74) is 5.83. The molecule has 4 unspecified atom stereocenters. The van der Waals surface area contributed by atoms with Crippen molar-refractivity contribution in [1.82, 2.24) is 0 Å². The van der Waals surface area contributed by atoms with Gasteiger partial charge < -0.3 is 10.5 Å². The fraction of sp³-hybridized carbons (Fsp3) is 0.933. The molecule has 3 heteroatoms. The van der Waals surface area contributed by atoms with Crippen LogP contribution in [0.3, 0.4) is 0 Å². The van der Waals surface area contributed by atoms with Crippen LogP contribution in [0.5, 0.6) is 0 Å². The number of esters is 1. The molecule has 0 heterocycles. The molecule has 0 radical (unpaired) electrons. The lowest BCUT2D eigenvalue weighted by Gasteiger charge is -2.35. The summed E-state index contributed by atoms with van der Waals surface area (Å²) in [5, 5.41) is 0. The van der Waals surface area contributed by atoms with Crippen LogP contribution in [0, 0.1) is 23.2 Å². The lowest BCUT2D eigenvalue weighted by atomic mass is 9.71. The summed E-state index contributed by atoms with van der Waals surface area (Å²) >= 11 is 0. The third-order valence-electron chi connectivity index (χ3n) is 4.88. The first-order valence-electron chi connectivity index (χ1n) is 7.27. The van der Waals surface area contributed by atoms with E-state index in [1.54, 1.807) is 0 Å². The van der Waals surface area contributed by atoms with Crippen molar-refractivity contribution in [3.63, 3.8) is 0 Å². The van der Waals surface area contributed by atoms with Gasteiger partial charge in [0, 0.05) is 0 Å². The number of ether oxygens (including phenoxy) is 1. The molecule has 0 bridgehead atoms. The van der Waals surface area contributed by atoms with Crippen LogP contribution in [-0.4, -0.2) is 18.1 Å². The second kappa shape index (κ2) is 4.52. The summed E-state index contributed by atoms with van der Waals surface area (Å²) in [6, 6.07) is 0. The first-order chi connectivity index (χ1) is 8.34. The molecule has 0 aromatic heterocycles. The SMILES string of the molecule is CCC1(CN)CCCC2C(C(=O)OC(C)(C)C)C21. The van der Waals surface area contributed by atoms with Crippen molar-refractivity contribution in [2.75, 3.05) is 6.54 Å². The van der Waals surface area contributed by atoms with Crippen molar-refractivity contribution in [2.24, 2.45) is 28.9 Å². The summed E-state index contributed by atoms with van der Waals surface area (Å²) in [6.45, 7) is 8.73. The molecule has 0 amide bonds. The minimum absolute atomic E-state index is 0.00525. The smallest absolute Gasteiger partial charge is 0.310 e. The highest BCUT2D eigenvalue weighted by Crippen LogP contribution is 2.64. The van der Waals surface area contributed by atoms with Gasteiger partial charge in [-0.1, -0.05) is 13.3 Å². The Balaban J connectivity index is 2.08. The van der Waals surface area contributed by atoms with Crippen molar-refractivity contribution >= 4 is 5.97 Å². The standard InChI is InChI=1S/C15H27NO2/c1-5-15(9-16)8-6-7-10-11(12(10)15)13(17)18-14(2,3)4/h10-12H,5-9,16H2,1-4H3. The molecule has 3 nitrogen and oxygen atoms in total. The predicted octanol–water partition coefficient (Wildman–Crippen LogP) is 2.73. The first kappa shape index (κ1) is 13.9. The van der Waals surface area contributed by atoms with Crippen LogP contribution in [0.4, 0.5) is 0 Å². The number of fused-ring (bicyclic) bond motifs is 1. The molecular formula is C15H27NO2. The zero-order valence-corrected chi connectivity index (χ0v) is 12.2. The Kier molecular flexibility index (Phi) is 3.48. The van der Waals surface area contributed by atoms with Gasteiger partial charge >= 0.3 is 5.97 Å². The van der Waals surface area contributed by atoms with E-state index in [4.69, 9.17) is 10.5 Å². The number of carbonyl (C=O) groups is 1. The summed E-state index contributed by atoms with van der Waals surface area (Å²) in [5.74, 6) is 1.15. The molecule has 104 valence electrons. The topological polar surface area (TPSA) is 52.3 Å². The quantitative estimate of drug-likeness (QED) is 0.787. The molecule has 2 N–H and O–H groups in total. The Morgan fingerprint density at radius 2 is 2.11 bits per heavy atom. The van der Waals surface area contributed by atoms with E-state index in [9.17, 15) is 4.79 Å². The predicted molar refractivity (Wildman–Crippen MR) is 71.9 cm³/mol. The van der Waals surface area contributed by atoms with Gasteiger partial charge in [0.1, 0.15) is 5.60 Å². The van der Waals surface area contributed by atoms with Crippen LogP contribution in [0.1, 0.15) is 53.4 Å². The first-order valence-corrected chi connectivity index (χ1v) is 7.27. The lowest BCUT2D eigenvalue weighted by molar-refractivity contribution is -0.157. The van der Waals surface area contributed by atoms with E-state index in [1.165, 1.54) is 19.3 Å². The van der Waals surface area contributed by atoms with Gasteiger partial charge in [-0.05, 0) is 63.8 Å². The molecule has 2 fully saturated rings. The van der Waals surface area contributed by atoms with E-state index < -0.39 is 0 Å². The van der Waals surface area contributed by atoms with Crippen LogP contribution in [-0.2, 0) is 9.53 Å². The van der Waals surface area contributed by atoms with E-state index in [2.05, 4.69) is 6.92 Å². The molecule has 0 aliphatic heterocycles. The van der Waals surface area contributed by atoms with E-state index in [1.807, 2.05) is 20.8 Å². The van der Waals surface area contributed by atoms with Crippen LogP contribution >= 0.6 is 0 Å². The van der Waals surface area contributed by atoms with Crippen molar-refractivity contribution in [2.45, 2.75) is 59.0 Å². The Morgan fingerprint density at radius 3 is 2.61 bits per heavy atom. The number of carbonyl (C=O) groups excluding carboxylic acids is 1. The van der Waals surface area contributed by atoms with Crippen molar-refractivity contribution in [3.05, 3.63) is 0 Å². The summed E-state index contributed by atoms with van der Waals surface area (Å²) < 4.78 is 5.56. The van der Waals surface area contributed by atoms with Crippen LogP contribution in [0.2, 0.25) is 0 Å². The second-order valence-electron chi connectivity index (χ2n) is 7.06. The fourth-order valence-electron chi connectivity index (χ4n) is 3.91. The number of rotatable bonds is 3. The van der Waals surface area contributed by atoms with Crippen LogP contribution < -0.4 is 5.73 Å². The minimum Gasteiger partial charge on any atom is -0.460 e. The third-order valence-corrected chi connectivity index (χ3v) is 4.88. The zero-order chi connectivity index (χ0) is 13.6. The molecule has 0 aromatic carbocycles. The van der Waals surface area contributed by atoms with Gasteiger partial charge in [0.25, 0.3) is 0 Å². The van der Waals surface area contributed by atoms with Gasteiger partial charge in [-0.2, -0.15) is 0 Å². The maximum Gasteiger partial charge on any atom is 0.310 e. The normalized spacial score (nSPS) is 39.1. The van der Waals surface area contributed by atoms with Crippen molar-refractivity contribution in [3.8, 4) is 0 Å². The van der Waals surface area contributed by atoms with Crippen LogP contribution in [0.15, 0.2) is 0 Å². The highest BCUT2D eigenvalue weighted by Gasteiger charge is 2.65. The second-order valence-corrected chi connectivity index (χ2v) is 7.06. The number of hydrogen-bond donors (Lipinski definition) is 1. The molecule has 4 atom stereocenters. The minimum atomic E-state index is -0.375. The zero-order valence-electron chi connectivity index (χ0n) is 12.2. The van der Waals surface area contributed by atoms with E-state index in [-0.39, 0.29) is 22.9 Å². The monoisotopic (exact) mass is 253 g/mol. The molecule has 0 aromatic rings. The number of hydrogen-bond acceptors (Lipinski definition) is 3. The Morgan fingerprint density at radius 1 is 1.44 bits per heavy atom. The largest absolute Gasteiger partial charge is 0.460 e. The number of nitrogens with two attached hydrogens (primary N) is 1. The van der Waals surface area contributed by atoms with E-state index >= 15 is 0 Å². The van der Waals surface area contributed by atoms with Gasteiger partial charge in [0.2, 0.25) is 0 Å². The van der Waals surface area contributed by atoms with E-state index in [0.717, 1.165) is 6.42 Å². The third kappa shape index (κ3) is 2.29. The Hall–Kier alpha value is -0.570. The maximum atomic E-state index is 12.2. The lowest BCUT2D eigenvalue weighted by Crippen LogP contribution is -2.36. The Labute approximate surface area is 110 Å². The highest BCUT2D eigenvalue weighted by molar-refractivity contribution is 5.77. The molecule has 2 saturated carbocycles. The molecule has 18 heavy (non-hydrogen) atoms. The molecule has 0 saturated heterocycles. The molecule has 2 rings (SSSR count). The molecule has 2 aliphatic rings. The highest BCUT2D eigenvalue weighted by atomic mass is 16.6. The van der Waals surface area contributed by atoms with Gasteiger partial charge in [-0.3, -0.25) is 4.79 Å². The summed E-state index contributed by atoms with van der Waals surface area (Å²) in [4.78, 5) is 12.2. The molecule has 2 aliphatic carbocycles. The van der Waals surface area contributed by atoms with Gasteiger partial charge in [0.15, 0.2) is 0 Å². The fourth-order valence-corrected chi connectivity index (χ4v) is 3.91. The van der Waals surface area contributed by atoms with Gasteiger partial charge in [-0.25, -0.2) is 0 Å². The maximum absolute atomic E-state index is 12.2. The summed E-state index contributed by atoms with van der Waals surface area (Å²) in [7, 11) is 0. The van der Waals surface area contributed by atoms with Crippen molar-refractivity contribution in [1.29, 1.82) is 0 Å².